The van der Waals surface area contributed by atoms with Crippen molar-refractivity contribution >= 4 is 30.6 Å². The number of halogens is 1. The lowest BCUT2D eigenvalue weighted by Crippen LogP contribution is -2.21. The van der Waals surface area contributed by atoms with Gasteiger partial charge >= 0.3 is 12.0 Å². The molecule has 0 saturated carbocycles. The number of amides is 1. The number of nitrogens with one attached hydrogen (secondary N) is 1. The smallest absolute Gasteiger partial charge is 0.433 e. The number of hydrazone groups is 1. The molecule has 9 nitrogen and oxygen atoms in total. The molecule has 0 bridgehead atoms. The number of carbonyl (C=O) groups excluding carboxylic acids is 1. The average molecular weight is 577 g/mol. The molecule has 4 aromatic rings. The van der Waals surface area contributed by atoms with Crippen LogP contribution >= 0.6 is 12.4 Å². The SMILES string of the molecule is CC(NCCC(c1ccccc1)c1ccccc1)c1ccccc1.Cl.O=C1OCCN1N=Cc1ccc([N+](=O)[O-])o1. The Labute approximate surface area is 245 Å². The maximum Gasteiger partial charge on any atom is 0.433 e. The van der Waals surface area contributed by atoms with Crippen LogP contribution in [0.5, 0.6) is 0 Å². The molecular formula is C31H33ClN4O5. The maximum absolute atomic E-state index is 11.0. The predicted molar refractivity (Wildman–Crippen MR) is 160 cm³/mol. The Morgan fingerprint density at radius 3 is 1.98 bits per heavy atom. The Hall–Kier alpha value is -4.47. The number of cyclic esters (lactones) is 1. The van der Waals surface area contributed by atoms with E-state index in [9.17, 15) is 14.9 Å². The van der Waals surface area contributed by atoms with Gasteiger partial charge in [0.25, 0.3) is 0 Å². The van der Waals surface area contributed by atoms with Crippen LogP contribution < -0.4 is 5.32 Å². The molecule has 1 aromatic heterocycles. The zero-order chi connectivity index (χ0) is 28.2. The van der Waals surface area contributed by atoms with Gasteiger partial charge in [-0.05, 0) is 42.6 Å². The zero-order valence-electron chi connectivity index (χ0n) is 22.7. The molecular weight excluding hydrogens is 544 g/mol. The number of benzene rings is 3. The third kappa shape index (κ3) is 9.30. The summed E-state index contributed by atoms with van der Waals surface area (Å²) in [4.78, 5) is 20.6. The van der Waals surface area contributed by atoms with E-state index < -0.39 is 11.0 Å². The van der Waals surface area contributed by atoms with Gasteiger partial charge in [-0.2, -0.15) is 10.1 Å². The number of ether oxygens (including phenoxy) is 1. The number of hydrogen-bond donors (Lipinski definition) is 1. The molecule has 1 fully saturated rings. The molecule has 5 rings (SSSR count). The number of hydrogen-bond acceptors (Lipinski definition) is 7. The summed E-state index contributed by atoms with van der Waals surface area (Å²) in [5.74, 6) is 0.264. The fraction of sp³-hybridized carbons (Fsp3) is 0.226. The van der Waals surface area contributed by atoms with Gasteiger partial charge < -0.3 is 14.5 Å². The van der Waals surface area contributed by atoms with Crippen LogP contribution in [0.1, 0.15) is 47.8 Å². The van der Waals surface area contributed by atoms with Crippen LogP contribution in [-0.2, 0) is 4.74 Å². The summed E-state index contributed by atoms with van der Waals surface area (Å²) in [6.45, 7) is 3.87. The fourth-order valence-electron chi connectivity index (χ4n) is 4.33. The molecule has 1 aliphatic heterocycles. The summed E-state index contributed by atoms with van der Waals surface area (Å²) < 4.78 is 9.44. The van der Waals surface area contributed by atoms with Crippen LogP contribution in [-0.4, -0.2) is 41.9 Å². The first-order chi connectivity index (χ1) is 19.5. The zero-order valence-corrected chi connectivity index (χ0v) is 23.5. The van der Waals surface area contributed by atoms with Crippen molar-refractivity contribution in [2.75, 3.05) is 19.7 Å². The first kappa shape index (κ1) is 31.1. The maximum atomic E-state index is 11.0. The van der Waals surface area contributed by atoms with Gasteiger partial charge in [0.15, 0.2) is 5.76 Å². The highest BCUT2D eigenvalue weighted by Gasteiger charge is 2.21. The van der Waals surface area contributed by atoms with Crippen molar-refractivity contribution in [2.45, 2.75) is 25.3 Å². The molecule has 3 aromatic carbocycles. The normalized spacial score (nSPS) is 13.3. The second-order valence-electron chi connectivity index (χ2n) is 9.16. The highest BCUT2D eigenvalue weighted by molar-refractivity contribution is 5.85. The molecule has 41 heavy (non-hydrogen) atoms. The van der Waals surface area contributed by atoms with Crippen LogP contribution in [0, 0.1) is 10.1 Å². The van der Waals surface area contributed by atoms with Gasteiger partial charge in [-0.15, -0.1) is 12.4 Å². The van der Waals surface area contributed by atoms with Gasteiger partial charge in [-0.25, -0.2) is 4.79 Å². The first-order valence-electron chi connectivity index (χ1n) is 13.1. The molecule has 0 aliphatic carbocycles. The fourth-order valence-corrected chi connectivity index (χ4v) is 4.33. The van der Waals surface area contributed by atoms with Crippen LogP contribution in [0.2, 0.25) is 0 Å². The Bertz CT molecular complexity index is 1340. The van der Waals surface area contributed by atoms with E-state index in [2.05, 4.69) is 113 Å². The largest absolute Gasteiger partial charge is 0.446 e. The Balaban J connectivity index is 0.000000238. The van der Waals surface area contributed by atoms with Crippen LogP contribution in [0.4, 0.5) is 10.7 Å². The van der Waals surface area contributed by atoms with Crippen LogP contribution in [0.3, 0.4) is 0 Å². The summed E-state index contributed by atoms with van der Waals surface area (Å²) in [6.07, 6.45) is 1.77. The first-order valence-corrected chi connectivity index (χ1v) is 13.1. The van der Waals surface area contributed by atoms with Gasteiger partial charge in [-0.3, -0.25) is 10.1 Å². The van der Waals surface area contributed by atoms with E-state index in [1.165, 1.54) is 35.0 Å². The average Bonchev–Trinajstić information content (AvgIpc) is 3.65. The van der Waals surface area contributed by atoms with E-state index in [0.29, 0.717) is 18.5 Å². The lowest BCUT2D eigenvalue weighted by molar-refractivity contribution is -0.402. The van der Waals surface area contributed by atoms with E-state index in [4.69, 9.17) is 4.42 Å². The second kappa shape index (κ2) is 16.0. The minimum atomic E-state index is -0.651. The van der Waals surface area contributed by atoms with Crippen molar-refractivity contribution in [3.8, 4) is 0 Å². The summed E-state index contributed by atoms with van der Waals surface area (Å²) in [5, 5.41) is 18.8. The molecule has 1 atom stereocenters. The molecule has 1 aliphatic rings. The molecule has 1 unspecified atom stereocenters. The molecule has 0 spiro atoms. The van der Waals surface area contributed by atoms with Gasteiger partial charge in [0, 0.05) is 12.0 Å². The van der Waals surface area contributed by atoms with Gasteiger partial charge in [0.2, 0.25) is 0 Å². The van der Waals surface area contributed by atoms with Crippen molar-refractivity contribution in [3.05, 3.63) is 136 Å². The van der Waals surface area contributed by atoms with Crippen molar-refractivity contribution in [2.24, 2.45) is 5.10 Å². The van der Waals surface area contributed by atoms with Crippen molar-refractivity contribution < 1.29 is 18.9 Å². The van der Waals surface area contributed by atoms with Crippen LogP contribution in [0.15, 0.2) is 113 Å². The van der Waals surface area contributed by atoms with Crippen molar-refractivity contribution in [1.29, 1.82) is 0 Å². The van der Waals surface area contributed by atoms with E-state index in [0.717, 1.165) is 18.0 Å². The third-order valence-corrected chi connectivity index (χ3v) is 6.44. The second-order valence-corrected chi connectivity index (χ2v) is 9.16. The molecule has 214 valence electrons. The number of nitro groups is 1. The molecule has 2 heterocycles. The van der Waals surface area contributed by atoms with Crippen molar-refractivity contribution in [1.82, 2.24) is 10.3 Å². The van der Waals surface area contributed by atoms with Crippen molar-refractivity contribution in [3.63, 3.8) is 0 Å². The molecule has 1 N–H and O–H groups in total. The number of furan rings is 1. The lowest BCUT2D eigenvalue weighted by atomic mass is 9.88. The van der Waals surface area contributed by atoms with Gasteiger partial charge in [-0.1, -0.05) is 91.0 Å². The molecule has 1 amide bonds. The molecule has 10 heteroatoms. The quantitative estimate of drug-likeness (QED) is 0.124. The lowest BCUT2D eigenvalue weighted by Gasteiger charge is -2.20. The predicted octanol–water partition coefficient (Wildman–Crippen LogP) is 6.96. The number of rotatable bonds is 10. The summed E-state index contributed by atoms with van der Waals surface area (Å²) in [6, 6.07) is 35.2. The standard InChI is InChI=1S/C23H25N.C8H7N3O5.ClH/c1-19(20-11-5-2-6-12-20)24-18-17-23(21-13-7-3-8-14-21)22-15-9-4-10-16-22;12-8-10(3-4-15-8)9-5-6-1-2-7(16-6)11(13)14;/h2-16,19,23-24H,17-18H2,1H3;1-2,5H,3-4H2;1H. The van der Waals surface area contributed by atoms with Crippen LogP contribution in [0.25, 0.3) is 0 Å². The Kier molecular flexibility index (Phi) is 12.1. The molecule has 1 saturated heterocycles. The summed E-state index contributed by atoms with van der Waals surface area (Å²) in [5.41, 5.74) is 4.12. The van der Waals surface area contributed by atoms with E-state index in [1.807, 2.05) is 0 Å². The van der Waals surface area contributed by atoms with Gasteiger partial charge in [0.05, 0.1) is 18.8 Å². The Morgan fingerprint density at radius 1 is 0.927 bits per heavy atom. The molecule has 0 radical (unpaired) electrons. The number of nitrogens with zero attached hydrogens (tertiary/aromatic N) is 3. The summed E-state index contributed by atoms with van der Waals surface area (Å²) in [7, 11) is 0. The monoisotopic (exact) mass is 576 g/mol. The minimum Gasteiger partial charge on any atom is -0.446 e. The van der Waals surface area contributed by atoms with E-state index >= 15 is 0 Å². The minimum absolute atomic E-state index is 0. The van der Waals surface area contributed by atoms with E-state index in [-0.39, 0.29) is 30.7 Å². The Morgan fingerprint density at radius 2 is 1.49 bits per heavy atom. The highest BCUT2D eigenvalue weighted by atomic mass is 35.5. The summed E-state index contributed by atoms with van der Waals surface area (Å²) >= 11 is 0. The third-order valence-electron chi connectivity index (χ3n) is 6.44. The number of carbonyl (C=O) groups is 1. The topological polar surface area (TPSA) is 110 Å². The highest BCUT2D eigenvalue weighted by Crippen LogP contribution is 2.27. The van der Waals surface area contributed by atoms with Gasteiger partial charge in [0.1, 0.15) is 11.5 Å². The van der Waals surface area contributed by atoms with E-state index in [1.54, 1.807) is 0 Å².